The molecule has 0 spiro atoms. The van der Waals surface area contributed by atoms with Crippen LogP contribution in [-0.2, 0) is 14.3 Å². The van der Waals surface area contributed by atoms with E-state index in [1.165, 1.54) is 6.92 Å². The standard InChI is InChI=1S/C22H36N4O4/c1-3-23-22(24-10-5-12-29-17-19-8-13-28-14-9-19)25-11-15-30-21-7-4-6-20(16-21)26-18(2)27/h4,6-7,16,19H,3,5,8-15,17H2,1-2H3,(H,26,27)(H2,23,24,25). The Kier molecular flexibility index (Phi) is 11.7. The number of anilines is 1. The van der Waals surface area contributed by atoms with Crippen molar-refractivity contribution in [3.8, 4) is 5.75 Å². The maximum atomic E-state index is 11.1. The second-order valence-corrected chi connectivity index (χ2v) is 7.23. The molecule has 1 aromatic rings. The van der Waals surface area contributed by atoms with Crippen molar-refractivity contribution in [2.75, 3.05) is 58.0 Å². The topological polar surface area (TPSA) is 93.2 Å². The van der Waals surface area contributed by atoms with Gasteiger partial charge in [-0.3, -0.25) is 9.79 Å². The van der Waals surface area contributed by atoms with Crippen molar-refractivity contribution in [2.24, 2.45) is 10.9 Å². The highest BCUT2D eigenvalue weighted by Crippen LogP contribution is 2.17. The fourth-order valence-corrected chi connectivity index (χ4v) is 3.07. The van der Waals surface area contributed by atoms with E-state index in [9.17, 15) is 4.79 Å². The number of ether oxygens (including phenoxy) is 3. The molecule has 8 nitrogen and oxygen atoms in total. The summed E-state index contributed by atoms with van der Waals surface area (Å²) in [6.07, 6.45) is 3.10. The molecule has 30 heavy (non-hydrogen) atoms. The minimum absolute atomic E-state index is 0.103. The number of guanidine groups is 1. The quantitative estimate of drug-likeness (QED) is 0.273. The van der Waals surface area contributed by atoms with Crippen LogP contribution in [0, 0.1) is 5.92 Å². The van der Waals surface area contributed by atoms with E-state index in [1.807, 2.05) is 25.1 Å². The van der Waals surface area contributed by atoms with Gasteiger partial charge in [-0.05, 0) is 44.2 Å². The molecule has 0 atom stereocenters. The summed E-state index contributed by atoms with van der Waals surface area (Å²) in [7, 11) is 0. The SMILES string of the molecule is CCNC(=NCCCOCC1CCOCC1)NCCOc1cccc(NC(C)=O)c1. The Morgan fingerprint density at radius 2 is 2.07 bits per heavy atom. The van der Waals surface area contributed by atoms with Crippen LogP contribution in [0.3, 0.4) is 0 Å². The van der Waals surface area contributed by atoms with Gasteiger partial charge in [-0.25, -0.2) is 0 Å². The lowest BCUT2D eigenvalue weighted by molar-refractivity contribution is -0.114. The number of nitrogens with zero attached hydrogens (tertiary/aromatic N) is 1. The summed E-state index contributed by atoms with van der Waals surface area (Å²) in [5.74, 6) is 2.03. The summed E-state index contributed by atoms with van der Waals surface area (Å²) in [6, 6.07) is 7.35. The minimum Gasteiger partial charge on any atom is -0.492 e. The molecule has 1 saturated heterocycles. The number of carbonyl (C=O) groups excluding carboxylic acids is 1. The molecule has 2 rings (SSSR count). The number of aliphatic imine (C=N–C) groups is 1. The van der Waals surface area contributed by atoms with Crippen molar-refractivity contribution in [1.29, 1.82) is 0 Å². The minimum atomic E-state index is -0.103. The molecule has 0 unspecified atom stereocenters. The van der Waals surface area contributed by atoms with Crippen LogP contribution in [0.1, 0.15) is 33.1 Å². The van der Waals surface area contributed by atoms with Gasteiger partial charge in [0.05, 0.1) is 6.54 Å². The molecular formula is C22H36N4O4. The second kappa shape index (κ2) is 14.6. The van der Waals surface area contributed by atoms with Crippen molar-refractivity contribution in [3.63, 3.8) is 0 Å². The van der Waals surface area contributed by atoms with E-state index in [1.54, 1.807) is 6.07 Å². The average molecular weight is 421 g/mol. The molecule has 1 aromatic carbocycles. The van der Waals surface area contributed by atoms with Gasteiger partial charge in [0.15, 0.2) is 5.96 Å². The molecule has 0 bridgehead atoms. The molecule has 1 heterocycles. The van der Waals surface area contributed by atoms with Crippen molar-refractivity contribution in [1.82, 2.24) is 10.6 Å². The van der Waals surface area contributed by atoms with Crippen LogP contribution >= 0.6 is 0 Å². The largest absolute Gasteiger partial charge is 0.492 e. The first-order valence-corrected chi connectivity index (χ1v) is 10.9. The second-order valence-electron chi connectivity index (χ2n) is 7.23. The molecule has 0 saturated carbocycles. The highest BCUT2D eigenvalue weighted by molar-refractivity contribution is 5.88. The van der Waals surface area contributed by atoms with Gasteiger partial charge >= 0.3 is 0 Å². The number of hydrogen-bond donors (Lipinski definition) is 3. The molecule has 0 radical (unpaired) electrons. The number of rotatable bonds is 12. The molecule has 1 aliphatic heterocycles. The Hall–Kier alpha value is -2.32. The summed E-state index contributed by atoms with van der Waals surface area (Å²) in [4.78, 5) is 15.7. The molecule has 1 amide bonds. The number of benzene rings is 1. The normalized spacial score (nSPS) is 14.9. The Bertz CT molecular complexity index is 648. The van der Waals surface area contributed by atoms with Gasteiger partial charge in [-0.2, -0.15) is 0 Å². The Labute approximate surface area is 179 Å². The van der Waals surface area contributed by atoms with Crippen molar-refractivity contribution in [2.45, 2.75) is 33.1 Å². The number of nitrogens with one attached hydrogen (secondary N) is 3. The van der Waals surface area contributed by atoms with Gasteiger partial charge in [0, 0.05) is 58.2 Å². The van der Waals surface area contributed by atoms with Crippen LogP contribution in [0.15, 0.2) is 29.3 Å². The lowest BCUT2D eigenvalue weighted by atomic mass is 10.0. The highest BCUT2D eigenvalue weighted by atomic mass is 16.5. The van der Waals surface area contributed by atoms with Crippen LogP contribution < -0.4 is 20.7 Å². The van der Waals surface area contributed by atoms with E-state index < -0.39 is 0 Å². The monoisotopic (exact) mass is 420 g/mol. The Morgan fingerprint density at radius 3 is 2.83 bits per heavy atom. The third-order valence-corrected chi connectivity index (χ3v) is 4.57. The van der Waals surface area contributed by atoms with Crippen molar-refractivity contribution in [3.05, 3.63) is 24.3 Å². The van der Waals surface area contributed by atoms with Crippen LogP contribution in [-0.4, -0.2) is 64.5 Å². The Balaban J connectivity index is 1.60. The zero-order valence-electron chi connectivity index (χ0n) is 18.2. The first kappa shape index (κ1) is 24.0. The number of hydrogen-bond acceptors (Lipinski definition) is 5. The van der Waals surface area contributed by atoms with Gasteiger partial charge in [0.25, 0.3) is 0 Å². The third-order valence-electron chi connectivity index (χ3n) is 4.57. The van der Waals surface area contributed by atoms with Gasteiger partial charge < -0.3 is 30.2 Å². The molecule has 1 fully saturated rings. The predicted molar refractivity (Wildman–Crippen MR) is 119 cm³/mol. The molecule has 1 aliphatic rings. The smallest absolute Gasteiger partial charge is 0.221 e. The summed E-state index contributed by atoms with van der Waals surface area (Å²) >= 11 is 0. The van der Waals surface area contributed by atoms with E-state index in [0.717, 1.165) is 63.9 Å². The predicted octanol–water partition coefficient (Wildman–Crippen LogP) is 2.41. The van der Waals surface area contributed by atoms with E-state index >= 15 is 0 Å². The lowest BCUT2D eigenvalue weighted by Gasteiger charge is -2.21. The van der Waals surface area contributed by atoms with Gasteiger partial charge in [0.1, 0.15) is 12.4 Å². The highest BCUT2D eigenvalue weighted by Gasteiger charge is 2.13. The maximum Gasteiger partial charge on any atom is 0.221 e. The van der Waals surface area contributed by atoms with Crippen LogP contribution in [0.4, 0.5) is 5.69 Å². The summed E-state index contributed by atoms with van der Waals surface area (Å²) in [5, 5.41) is 9.25. The van der Waals surface area contributed by atoms with Crippen molar-refractivity contribution >= 4 is 17.6 Å². The van der Waals surface area contributed by atoms with E-state index in [2.05, 4.69) is 20.9 Å². The number of amides is 1. The van der Waals surface area contributed by atoms with E-state index in [4.69, 9.17) is 14.2 Å². The van der Waals surface area contributed by atoms with Crippen LogP contribution in [0.5, 0.6) is 5.75 Å². The van der Waals surface area contributed by atoms with E-state index in [-0.39, 0.29) is 5.91 Å². The lowest BCUT2D eigenvalue weighted by Crippen LogP contribution is -2.39. The van der Waals surface area contributed by atoms with Gasteiger partial charge in [0.2, 0.25) is 5.91 Å². The fraction of sp³-hybridized carbons (Fsp3) is 0.636. The first-order valence-electron chi connectivity index (χ1n) is 10.9. The van der Waals surface area contributed by atoms with E-state index in [0.29, 0.717) is 31.4 Å². The Morgan fingerprint density at radius 1 is 1.23 bits per heavy atom. The molecule has 8 heteroatoms. The zero-order valence-corrected chi connectivity index (χ0v) is 18.2. The van der Waals surface area contributed by atoms with Gasteiger partial charge in [-0.1, -0.05) is 6.07 Å². The zero-order chi connectivity index (χ0) is 21.4. The summed E-state index contributed by atoms with van der Waals surface area (Å²) in [5.41, 5.74) is 0.724. The molecule has 3 N–H and O–H groups in total. The molecule has 0 aliphatic carbocycles. The average Bonchev–Trinajstić information content (AvgIpc) is 2.74. The van der Waals surface area contributed by atoms with Gasteiger partial charge in [-0.15, -0.1) is 0 Å². The fourth-order valence-electron chi connectivity index (χ4n) is 3.07. The maximum absolute atomic E-state index is 11.1. The summed E-state index contributed by atoms with van der Waals surface area (Å²) in [6.45, 7) is 9.42. The molecule has 168 valence electrons. The molecule has 0 aromatic heterocycles. The molecular weight excluding hydrogens is 384 g/mol. The third kappa shape index (κ3) is 10.5. The number of carbonyl (C=O) groups is 1. The summed E-state index contributed by atoms with van der Waals surface area (Å²) < 4.78 is 16.9. The van der Waals surface area contributed by atoms with Crippen LogP contribution in [0.25, 0.3) is 0 Å². The van der Waals surface area contributed by atoms with Crippen LogP contribution in [0.2, 0.25) is 0 Å². The van der Waals surface area contributed by atoms with Crippen molar-refractivity contribution < 1.29 is 19.0 Å². The first-order chi connectivity index (χ1) is 14.7.